The van der Waals surface area contributed by atoms with Crippen molar-refractivity contribution in [2.75, 3.05) is 0 Å². The van der Waals surface area contributed by atoms with E-state index in [2.05, 4.69) is 124 Å². The van der Waals surface area contributed by atoms with Gasteiger partial charge in [0.25, 0.3) is 0 Å². The van der Waals surface area contributed by atoms with E-state index in [1.807, 2.05) is 18.2 Å². The third kappa shape index (κ3) is 5.45. The van der Waals surface area contributed by atoms with Crippen molar-refractivity contribution in [3.63, 3.8) is 0 Å². The SMILES string of the molecule is Cc1cccc(Oc2ccc(P(c3ccccc3)c3ccccc3)c(OC3=CC=CC(C)C3C)c2)c1. The van der Waals surface area contributed by atoms with Crippen LogP contribution in [0.5, 0.6) is 17.2 Å². The van der Waals surface area contributed by atoms with E-state index in [-0.39, 0.29) is 0 Å². The molecule has 0 spiro atoms. The van der Waals surface area contributed by atoms with Gasteiger partial charge in [-0.25, -0.2) is 0 Å². The van der Waals surface area contributed by atoms with E-state index >= 15 is 0 Å². The van der Waals surface area contributed by atoms with Crippen LogP contribution in [0.25, 0.3) is 0 Å². The van der Waals surface area contributed by atoms with E-state index in [4.69, 9.17) is 9.47 Å². The topological polar surface area (TPSA) is 18.5 Å². The first kappa shape index (κ1) is 24.1. The normalized spacial score (nSPS) is 17.1. The predicted molar refractivity (Wildman–Crippen MR) is 153 cm³/mol. The van der Waals surface area contributed by atoms with Crippen molar-refractivity contribution in [1.29, 1.82) is 0 Å². The average Bonchev–Trinajstić information content (AvgIpc) is 2.89. The van der Waals surface area contributed by atoms with Crippen LogP contribution in [0.15, 0.2) is 127 Å². The molecule has 2 atom stereocenters. The van der Waals surface area contributed by atoms with E-state index in [1.165, 1.54) is 21.5 Å². The quantitative estimate of drug-likeness (QED) is 0.248. The Labute approximate surface area is 215 Å². The Hall–Kier alpha value is -3.61. The summed E-state index contributed by atoms with van der Waals surface area (Å²) >= 11 is 0. The zero-order valence-corrected chi connectivity index (χ0v) is 21.9. The van der Waals surface area contributed by atoms with E-state index < -0.39 is 7.92 Å². The van der Waals surface area contributed by atoms with Crippen molar-refractivity contribution < 1.29 is 9.47 Å². The van der Waals surface area contributed by atoms with Gasteiger partial charge in [0.15, 0.2) is 0 Å². The second-order valence-electron chi connectivity index (χ2n) is 9.26. The standard InChI is InChI=1S/C33H31O2P/c1-24-12-10-14-27(22-24)34-28-20-21-33(32(23-28)35-31-19-11-13-25(2)26(31)3)36(29-15-6-4-7-16-29)30-17-8-5-9-18-30/h4-23,25-26H,1-3H3. The summed E-state index contributed by atoms with van der Waals surface area (Å²) in [5.41, 5.74) is 1.17. The molecule has 180 valence electrons. The molecule has 1 aliphatic rings. The van der Waals surface area contributed by atoms with Gasteiger partial charge in [-0.3, -0.25) is 0 Å². The summed E-state index contributed by atoms with van der Waals surface area (Å²) in [6, 6.07) is 35.9. The van der Waals surface area contributed by atoms with Gasteiger partial charge >= 0.3 is 0 Å². The summed E-state index contributed by atoms with van der Waals surface area (Å²) < 4.78 is 13.0. The Morgan fingerprint density at radius 3 is 2.00 bits per heavy atom. The maximum atomic E-state index is 6.74. The minimum Gasteiger partial charge on any atom is -0.461 e. The average molecular weight is 491 g/mol. The van der Waals surface area contributed by atoms with Gasteiger partial charge in [0, 0.05) is 17.3 Å². The van der Waals surface area contributed by atoms with Crippen LogP contribution in [0.2, 0.25) is 0 Å². The molecule has 0 saturated carbocycles. The minimum absolute atomic E-state index is 0.295. The van der Waals surface area contributed by atoms with Crippen LogP contribution in [-0.2, 0) is 0 Å². The second kappa shape index (κ2) is 11.0. The van der Waals surface area contributed by atoms with E-state index in [0.29, 0.717) is 11.8 Å². The van der Waals surface area contributed by atoms with Crippen molar-refractivity contribution >= 4 is 23.8 Å². The number of hydrogen-bond acceptors (Lipinski definition) is 2. The van der Waals surface area contributed by atoms with Gasteiger partial charge in [0.2, 0.25) is 0 Å². The fourth-order valence-electron chi connectivity index (χ4n) is 4.38. The molecular formula is C33H31O2P. The van der Waals surface area contributed by atoms with Crippen LogP contribution in [0.1, 0.15) is 19.4 Å². The van der Waals surface area contributed by atoms with Crippen LogP contribution >= 0.6 is 7.92 Å². The van der Waals surface area contributed by atoms with Gasteiger partial charge in [-0.2, -0.15) is 0 Å². The Morgan fingerprint density at radius 1 is 0.667 bits per heavy atom. The molecule has 0 radical (unpaired) electrons. The van der Waals surface area contributed by atoms with Crippen molar-refractivity contribution in [2.45, 2.75) is 20.8 Å². The van der Waals surface area contributed by atoms with Crippen LogP contribution in [0.4, 0.5) is 0 Å². The fraction of sp³-hybridized carbons (Fsp3) is 0.152. The lowest BCUT2D eigenvalue weighted by Gasteiger charge is -2.27. The number of allylic oxidation sites excluding steroid dienone is 4. The molecular weight excluding hydrogens is 459 g/mol. The molecule has 5 rings (SSSR count). The molecule has 0 heterocycles. The summed E-state index contributed by atoms with van der Waals surface area (Å²) in [5, 5.41) is 3.75. The molecule has 1 aliphatic carbocycles. The van der Waals surface area contributed by atoms with Gasteiger partial charge in [-0.05, 0) is 67.3 Å². The first-order valence-electron chi connectivity index (χ1n) is 12.4. The lowest BCUT2D eigenvalue weighted by Crippen LogP contribution is -2.23. The van der Waals surface area contributed by atoms with E-state index in [9.17, 15) is 0 Å². The summed E-state index contributed by atoms with van der Waals surface area (Å²) in [7, 11) is -0.822. The number of hydrogen-bond donors (Lipinski definition) is 0. The number of ether oxygens (including phenoxy) is 2. The number of rotatable bonds is 7. The first-order chi connectivity index (χ1) is 17.6. The van der Waals surface area contributed by atoms with Crippen molar-refractivity contribution in [1.82, 2.24) is 0 Å². The Kier molecular flexibility index (Phi) is 7.35. The lowest BCUT2D eigenvalue weighted by molar-refractivity contribution is 0.322. The largest absolute Gasteiger partial charge is 0.461 e. The molecule has 0 aliphatic heterocycles. The highest BCUT2D eigenvalue weighted by atomic mass is 31.1. The van der Waals surface area contributed by atoms with Crippen molar-refractivity contribution in [3.8, 4) is 17.2 Å². The number of benzene rings is 4. The summed E-state index contributed by atoms with van der Waals surface area (Å²) in [6.45, 7) is 6.53. The molecule has 0 bridgehead atoms. The van der Waals surface area contributed by atoms with E-state index in [0.717, 1.165) is 23.0 Å². The molecule has 0 amide bonds. The third-order valence-corrected chi connectivity index (χ3v) is 9.05. The molecule has 4 aromatic rings. The highest BCUT2D eigenvalue weighted by Gasteiger charge is 2.25. The maximum absolute atomic E-state index is 6.74. The van der Waals surface area contributed by atoms with Crippen molar-refractivity contribution in [3.05, 3.63) is 133 Å². The van der Waals surface area contributed by atoms with Gasteiger partial charge in [-0.1, -0.05) is 98.8 Å². The first-order valence-corrected chi connectivity index (χ1v) is 13.8. The monoisotopic (exact) mass is 490 g/mol. The molecule has 2 nitrogen and oxygen atoms in total. The van der Waals surface area contributed by atoms with Crippen LogP contribution < -0.4 is 25.4 Å². The predicted octanol–water partition coefficient (Wildman–Crippen LogP) is 7.65. The van der Waals surface area contributed by atoms with Crippen LogP contribution in [0.3, 0.4) is 0 Å². The van der Waals surface area contributed by atoms with Gasteiger partial charge in [0.1, 0.15) is 23.0 Å². The summed E-state index contributed by atoms with van der Waals surface area (Å²) in [4.78, 5) is 0. The Balaban J connectivity index is 1.61. The maximum Gasteiger partial charge on any atom is 0.138 e. The van der Waals surface area contributed by atoms with Crippen LogP contribution in [0, 0.1) is 18.8 Å². The minimum atomic E-state index is -0.822. The van der Waals surface area contributed by atoms with Crippen molar-refractivity contribution in [2.24, 2.45) is 11.8 Å². The zero-order valence-electron chi connectivity index (χ0n) is 21.0. The Bertz CT molecular complexity index is 1340. The lowest BCUT2D eigenvalue weighted by atomic mass is 9.90. The molecule has 2 unspecified atom stereocenters. The summed E-state index contributed by atoms with van der Waals surface area (Å²) in [6.07, 6.45) is 6.43. The van der Waals surface area contributed by atoms with E-state index in [1.54, 1.807) is 0 Å². The molecule has 3 heteroatoms. The fourth-order valence-corrected chi connectivity index (χ4v) is 6.73. The molecule has 4 aromatic carbocycles. The molecule has 0 aromatic heterocycles. The van der Waals surface area contributed by atoms with Gasteiger partial charge < -0.3 is 9.47 Å². The summed E-state index contributed by atoms with van der Waals surface area (Å²) in [5.74, 6) is 4.13. The molecule has 0 fully saturated rings. The third-order valence-electron chi connectivity index (χ3n) is 6.57. The zero-order chi connectivity index (χ0) is 24.9. The van der Waals surface area contributed by atoms with Gasteiger partial charge in [-0.15, -0.1) is 0 Å². The van der Waals surface area contributed by atoms with Gasteiger partial charge in [0.05, 0.1) is 0 Å². The second-order valence-corrected chi connectivity index (χ2v) is 11.4. The highest BCUT2D eigenvalue weighted by molar-refractivity contribution is 7.80. The highest BCUT2D eigenvalue weighted by Crippen LogP contribution is 2.40. The molecule has 0 N–H and O–H groups in total. The smallest absolute Gasteiger partial charge is 0.138 e. The number of aryl methyl sites for hydroxylation is 1. The van der Waals surface area contributed by atoms with Crippen LogP contribution in [-0.4, -0.2) is 0 Å². The molecule has 36 heavy (non-hydrogen) atoms. The Morgan fingerprint density at radius 2 is 1.33 bits per heavy atom. The molecule has 0 saturated heterocycles.